The summed E-state index contributed by atoms with van der Waals surface area (Å²) >= 11 is 1.74. The van der Waals surface area contributed by atoms with E-state index in [4.69, 9.17) is 0 Å². The smallest absolute Gasteiger partial charge is 0.225 e. The van der Waals surface area contributed by atoms with Crippen molar-refractivity contribution in [2.45, 2.75) is 25.8 Å². The molecule has 0 bridgehead atoms. The first kappa shape index (κ1) is 10.7. The predicted molar refractivity (Wildman–Crippen MR) is 68.2 cm³/mol. The second-order valence-corrected chi connectivity index (χ2v) is 5.12. The SMILES string of the molecule is Cc1csc(C2CCCN2c2ncccn2)n1. The molecule has 3 heterocycles. The Labute approximate surface area is 104 Å². The average molecular weight is 246 g/mol. The Morgan fingerprint density at radius 3 is 2.88 bits per heavy atom. The molecule has 3 rings (SSSR count). The summed E-state index contributed by atoms with van der Waals surface area (Å²) in [7, 11) is 0. The van der Waals surface area contributed by atoms with E-state index in [0.29, 0.717) is 6.04 Å². The normalized spacial score (nSPS) is 19.8. The van der Waals surface area contributed by atoms with E-state index in [-0.39, 0.29) is 0 Å². The fraction of sp³-hybridized carbons (Fsp3) is 0.417. The third-order valence-corrected chi connectivity index (χ3v) is 4.05. The Morgan fingerprint density at radius 2 is 2.18 bits per heavy atom. The first-order chi connectivity index (χ1) is 8.34. The zero-order valence-corrected chi connectivity index (χ0v) is 10.5. The number of anilines is 1. The van der Waals surface area contributed by atoms with E-state index in [1.165, 1.54) is 11.4 Å². The van der Waals surface area contributed by atoms with Crippen molar-refractivity contribution in [3.8, 4) is 0 Å². The van der Waals surface area contributed by atoms with Crippen LogP contribution in [0.4, 0.5) is 5.95 Å². The van der Waals surface area contributed by atoms with Crippen LogP contribution in [0.2, 0.25) is 0 Å². The molecule has 1 fully saturated rings. The molecule has 1 aliphatic rings. The van der Waals surface area contributed by atoms with Crippen LogP contribution in [0.5, 0.6) is 0 Å². The Balaban J connectivity index is 1.90. The summed E-state index contributed by atoms with van der Waals surface area (Å²) in [5, 5.41) is 3.30. The van der Waals surface area contributed by atoms with E-state index in [9.17, 15) is 0 Å². The molecule has 0 aliphatic carbocycles. The Hall–Kier alpha value is -1.49. The van der Waals surface area contributed by atoms with Crippen molar-refractivity contribution < 1.29 is 0 Å². The topological polar surface area (TPSA) is 41.9 Å². The van der Waals surface area contributed by atoms with E-state index in [2.05, 4.69) is 25.2 Å². The van der Waals surface area contributed by atoms with Gasteiger partial charge in [-0.15, -0.1) is 11.3 Å². The lowest BCUT2D eigenvalue weighted by molar-refractivity contribution is 0.694. The van der Waals surface area contributed by atoms with Crippen LogP contribution in [0, 0.1) is 6.92 Å². The molecule has 0 saturated carbocycles. The average Bonchev–Trinajstić information content (AvgIpc) is 2.98. The van der Waals surface area contributed by atoms with E-state index in [1.54, 1.807) is 23.7 Å². The van der Waals surface area contributed by atoms with Gasteiger partial charge >= 0.3 is 0 Å². The van der Waals surface area contributed by atoms with Crippen LogP contribution < -0.4 is 4.90 Å². The summed E-state index contributed by atoms with van der Waals surface area (Å²) in [6.45, 7) is 3.06. The molecule has 0 radical (unpaired) electrons. The van der Waals surface area contributed by atoms with E-state index in [0.717, 1.165) is 24.6 Å². The molecule has 1 unspecified atom stereocenters. The van der Waals surface area contributed by atoms with Gasteiger partial charge in [0, 0.05) is 30.0 Å². The monoisotopic (exact) mass is 246 g/mol. The second-order valence-electron chi connectivity index (χ2n) is 4.23. The predicted octanol–water partition coefficient (Wildman–Crippen LogP) is 2.58. The number of aromatic nitrogens is 3. The molecule has 0 N–H and O–H groups in total. The summed E-state index contributed by atoms with van der Waals surface area (Å²) in [6, 6.07) is 2.21. The fourth-order valence-corrected chi connectivity index (χ4v) is 3.17. The standard InChI is InChI=1S/C12H14N4S/c1-9-8-17-11(15-9)10-4-2-7-16(10)12-13-5-3-6-14-12/h3,5-6,8,10H,2,4,7H2,1H3. The molecule has 2 aromatic heterocycles. The third kappa shape index (κ3) is 2.02. The highest BCUT2D eigenvalue weighted by molar-refractivity contribution is 7.09. The van der Waals surface area contributed by atoms with Gasteiger partial charge in [0.2, 0.25) is 5.95 Å². The van der Waals surface area contributed by atoms with Crippen LogP contribution >= 0.6 is 11.3 Å². The quantitative estimate of drug-likeness (QED) is 0.816. The van der Waals surface area contributed by atoms with Gasteiger partial charge in [0.1, 0.15) is 5.01 Å². The molecule has 4 nitrogen and oxygen atoms in total. The maximum atomic E-state index is 4.59. The van der Waals surface area contributed by atoms with Crippen LogP contribution in [0.25, 0.3) is 0 Å². The highest BCUT2D eigenvalue weighted by Gasteiger charge is 2.29. The Kier molecular flexibility index (Phi) is 2.76. The summed E-state index contributed by atoms with van der Waals surface area (Å²) in [6.07, 6.45) is 5.92. The van der Waals surface area contributed by atoms with Gasteiger partial charge in [-0.25, -0.2) is 15.0 Å². The molecule has 0 amide bonds. The maximum Gasteiger partial charge on any atom is 0.225 e. The van der Waals surface area contributed by atoms with Crippen molar-refractivity contribution in [1.29, 1.82) is 0 Å². The molecule has 1 aliphatic heterocycles. The number of rotatable bonds is 2. The van der Waals surface area contributed by atoms with Crippen molar-refractivity contribution in [3.05, 3.63) is 34.5 Å². The van der Waals surface area contributed by atoms with Crippen LogP contribution in [0.15, 0.2) is 23.8 Å². The van der Waals surface area contributed by atoms with Crippen LogP contribution in [0.3, 0.4) is 0 Å². The molecular weight excluding hydrogens is 232 g/mol. The molecule has 88 valence electrons. The third-order valence-electron chi connectivity index (χ3n) is 2.98. The van der Waals surface area contributed by atoms with Gasteiger partial charge in [-0.2, -0.15) is 0 Å². The number of thiazole rings is 1. The first-order valence-electron chi connectivity index (χ1n) is 5.80. The molecule has 17 heavy (non-hydrogen) atoms. The van der Waals surface area contributed by atoms with Gasteiger partial charge in [-0.1, -0.05) is 0 Å². The second kappa shape index (κ2) is 4.41. The van der Waals surface area contributed by atoms with Crippen molar-refractivity contribution >= 4 is 17.3 Å². The Morgan fingerprint density at radius 1 is 1.35 bits per heavy atom. The lowest BCUT2D eigenvalue weighted by Gasteiger charge is -2.22. The van der Waals surface area contributed by atoms with Crippen molar-refractivity contribution in [2.24, 2.45) is 0 Å². The number of hydrogen-bond donors (Lipinski definition) is 0. The van der Waals surface area contributed by atoms with Crippen LogP contribution in [0.1, 0.15) is 29.6 Å². The molecule has 0 spiro atoms. The minimum Gasteiger partial charge on any atom is -0.331 e. The molecule has 2 aromatic rings. The summed E-state index contributed by atoms with van der Waals surface area (Å²) in [5.41, 5.74) is 1.10. The first-order valence-corrected chi connectivity index (χ1v) is 6.68. The number of aryl methyl sites for hydroxylation is 1. The van der Waals surface area contributed by atoms with E-state index < -0.39 is 0 Å². The number of nitrogens with zero attached hydrogens (tertiary/aromatic N) is 4. The molecule has 0 aromatic carbocycles. The van der Waals surface area contributed by atoms with Gasteiger partial charge in [0.05, 0.1) is 6.04 Å². The largest absolute Gasteiger partial charge is 0.331 e. The lowest BCUT2D eigenvalue weighted by atomic mass is 10.2. The van der Waals surface area contributed by atoms with E-state index in [1.807, 2.05) is 13.0 Å². The Bertz CT molecular complexity index is 496. The van der Waals surface area contributed by atoms with E-state index >= 15 is 0 Å². The van der Waals surface area contributed by atoms with Gasteiger partial charge in [0.25, 0.3) is 0 Å². The van der Waals surface area contributed by atoms with Crippen molar-refractivity contribution in [3.63, 3.8) is 0 Å². The maximum absolute atomic E-state index is 4.59. The molecule has 1 saturated heterocycles. The van der Waals surface area contributed by atoms with Crippen LogP contribution in [-0.4, -0.2) is 21.5 Å². The summed E-state index contributed by atoms with van der Waals surface area (Å²) < 4.78 is 0. The minimum absolute atomic E-state index is 0.357. The molecule has 5 heteroatoms. The highest BCUT2D eigenvalue weighted by Crippen LogP contribution is 2.35. The molecular formula is C12H14N4S. The summed E-state index contributed by atoms with van der Waals surface area (Å²) in [5.74, 6) is 0.822. The minimum atomic E-state index is 0.357. The van der Waals surface area contributed by atoms with Crippen molar-refractivity contribution in [2.75, 3.05) is 11.4 Å². The zero-order valence-electron chi connectivity index (χ0n) is 9.71. The van der Waals surface area contributed by atoms with Gasteiger partial charge in [0.15, 0.2) is 0 Å². The number of hydrogen-bond acceptors (Lipinski definition) is 5. The van der Waals surface area contributed by atoms with Gasteiger partial charge in [-0.05, 0) is 25.8 Å². The van der Waals surface area contributed by atoms with Crippen molar-refractivity contribution in [1.82, 2.24) is 15.0 Å². The van der Waals surface area contributed by atoms with Gasteiger partial charge in [-0.3, -0.25) is 0 Å². The zero-order chi connectivity index (χ0) is 11.7. The van der Waals surface area contributed by atoms with Crippen LogP contribution in [-0.2, 0) is 0 Å². The summed E-state index contributed by atoms with van der Waals surface area (Å²) in [4.78, 5) is 15.5. The molecule has 1 atom stereocenters. The fourth-order valence-electron chi connectivity index (χ4n) is 2.23. The van der Waals surface area contributed by atoms with Gasteiger partial charge < -0.3 is 4.90 Å². The lowest BCUT2D eigenvalue weighted by Crippen LogP contribution is -2.24. The highest BCUT2D eigenvalue weighted by atomic mass is 32.1.